The SMILES string of the molecule is Cl.Cl.N[C@@H](CO)c1ncc(-c2cccc(Br)n2)s1. The molecule has 2 aromatic rings. The van der Waals surface area contributed by atoms with Gasteiger partial charge in [-0.2, -0.15) is 0 Å². The van der Waals surface area contributed by atoms with E-state index in [0.29, 0.717) is 0 Å². The molecule has 0 aromatic carbocycles. The highest BCUT2D eigenvalue weighted by Gasteiger charge is 2.11. The summed E-state index contributed by atoms with van der Waals surface area (Å²) in [5, 5.41) is 9.65. The van der Waals surface area contributed by atoms with E-state index in [0.717, 1.165) is 20.2 Å². The van der Waals surface area contributed by atoms with Gasteiger partial charge in [0, 0.05) is 6.20 Å². The van der Waals surface area contributed by atoms with Crippen LogP contribution in [0.4, 0.5) is 0 Å². The minimum atomic E-state index is -0.411. The average molecular weight is 373 g/mol. The lowest BCUT2D eigenvalue weighted by molar-refractivity contribution is 0.267. The van der Waals surface area contributed by atoms with Gasteiger partial charge in [0.2, 0.25) is 0 Å². The van der Waals surface area contributed by atoms with Crippen LogP contribution in [0.25, 0.3) is 10.6 Å². The van der Waals surface area contributed by atoms with Crippen molar-refractivity contribution >= 4 is 52.1 Å². The van der Waals surface area contributed by atoms with E-state index in [1.807, 2.05) is 18.2 Å². The fraction of sp³-hybridized carbons (Fsp3) is 0.200. The zero-order valence-corrected chi connectivity index (χ0v) is 13.2. The quantitative estimate of drug-likeness (QED) is 0.812. The number of hydrogen-bond donors (Lipinski definition) is 2. The summed E-state index contributed by atoms with van der Waals surface area (Å²) in [6, 6.07) is 5.28. The summed E-state index contributed by atoms with van der Waals surface area (Å²) in [5.74, 6) is 0. The van der Waals surface area contributed by atoms with E-state index in [1.165, 1.54) is 11.3 Å². The molecule has 0 aliphatic rings. The van der Waals surface area contributed by atoms with E-state index >= 15 is 0 Å². The van der Waals surface area contributed by atoms with Crippen LogP contribution in [0, 0.1) is 0 Å². The molecule has 2 heterocycles. The summed E-state index contributed by atoms with van der Waals surface area (Å²) >= 11 is 4.77. The minimum absolute atomic E-state index is 0. The standard InChI is InChI=1S/C10H10BrN3OS.2ClH/c11-9-3-1-2-7(14-9)8-4-13-10(16-8)6(12)5-15;;/h1-4,6,15H,5,12H2;2*1H/t6-;;/m0../s1. The summed E-state index contributed by atoms with van der Waals surface area (Å²) in [5.41, 5.74) is 6.53. The number of pyridine rings is 1. The Balaban J connectivity index is 0.00000144. The first-order valence-corrected chi connectivity index (χ1v) is 6.26. The molecule has 0 spiro atoms. The van der Waals surface area contributed by atoms with Gasteiger partial charge in [0.1, 0.15) is 9.61 Å². The van der Waals surface area contributed by atoms with Crippen molar-refractivity contribution in [3.63, 3.8) is 0 Å². The van der Waals surface area contributed by atoms with Crippen molar-refractivity contribution in [2.45, 2.75) is 6.04 Å². The Bertz CT molecular complexity index is 497. The highest BCUT2D eigenvalue weighted by Crippen LogP contribution is 2.27. The fourth-order valence-corrected chi connectivity index (χ4v) is 2.42. The molecule has 8 heteroatoms. The first-order chi connectivity index (χ1) is 7.70. The second-order valence-corrected chi connectivity index (χ2v) is 5.07. The lowest BCUT2D eigenvalue weighted by Gasteiger charge is -2.01. The molecule has 0 saturated carbocycles. The number of hydrogen-bond acceptors (Lipinski definition) is 5. The molecule has 2 rings (SSSR count). The predicted molar refractivity (Wildman–Crippen MR) is 81.6 cm³/mol. The molecule has 0 aliphatic heterocycles. The average Bonchev–Trinajstić information content (AvgIpc) is 2.77. The normalized spacial score (nSPS) is 11.3. The first-order valence-electron chi connectivity index (χ1n) is 4.66. The summed E-state index contributed by atoms with van der Waals surface area (Å²) in [7, 11) is 0. The highest BCUT2D eigenvalue weighted by atomic mass is 79.9. The second kappa shape index (κ2) is 8.04. The third kappa shape index (κ3) is 4.15. The van der Waals surface area contributed by atoms with E-state index < -0.39 is 6.04 Å². The molecule has 0 fully saturated rings. The summed E-state index contributed by atoms with van der Waals surface area (Å²) < 4.78 is 0.784. The van der Waals surface area contributed by atoms with E-state index in [4.69, 9.17) is 10.8 Å². The van der Waals surface area contributed by atoms with Crippen molar-refractivity contribution in [3.05, 3.63) is 34.0 Å². The molecule has 2 aromatic heterocycles. The molecule has 18 heavy (non-hydrogen) atoms. The van der Waals surface area contributed by atoms with E-state index in [2.05, 4.69) is 25.9 Å². The van der Waals surface area contributed by atoms with Gasteiger partial charge in [-0.05, 0) is 28.1 Å². The maximum absolute atomic E-state index is 8.93. The zero-order valence-electron chi connectivity index (χ0n) is 9.12. The van der Waals surface area contributed by atoms with Crippen LogP contribution in [0.2, 0.25) is 0 Å². The number of rotatable bonds is 3. The van der Waals surface area contributed by atoms with Gasteiger partial charge in [0.15, 0.2) is 0 Å². The molecule has 0 amide bonds. The zero-order chi connectivity index (χ0) is 11.5. The van der Waals surface area contributed by atoms with Crippen molar-refractivity contribution in [1.29, 1.82) is 0 Å². The molecule has 4 nitrogen and oxygen atoms in total. The van der Waals surface area contributed by atoms with E-state index in [1.54, 1.807) is 6.20 Å². The topological polar surface area (TPSA) is 72.0 Å². The maximum Gasteiger partial charge on any atom is 0.112 e. The van der Waals surface area contributed by atoms with Crippen LogP contribution in [-0.2, 0) is 0 Å². The number of nitrogens with zero attached hydrogens (tertiary/aromatic N) is 2. The molecule has 100 valence electrons. The van der Waals surface area contributed by atoms with Gasteiger partial charge in [-0.15, -0.1) is 36.2 Å². The molecule has 0 unspecified atom stereocenters. The highest BCUT2D eigenvalue weighted by molar-refractivity contribution is 9.10. The molecule has 3 N–H and O–H groups in total. The Morgan fingerprint density at radius 2 is 2.11 bits per heavy atom. The third-order valence-corrected chi connectivity index (χ3v) is 3.60. The van der Waals surface area contributed by atoms with Crippen molar-refractivity contribution in [2.24, 2.45) is 5.73 Å². The second-order valence-electron chi connectivity index (χ2n) is 3.20. The van der Waals surface area contributed by atoms with Gasteiger partial charge < -0.3 is 10.8 Å². The Morgan fingerprint density at radius 1 is 1.39 bits per heavy atom. The Hall–Kier alpha value is -0.240. The molecular weight excluding hydrogens is 361 g/mol. The van der Waals surface area contributed by atoms with Crippen LogP contribution in [0.1, 0.15) is 11.0 Å². The Kier molecular flexibility index (Phi) is 7.93. The maximum atomic E-state index is 8.93. The number of thiazole rings is 1. The summed E-state index contributed by atoms with van der Waals surface area (Å²) in [6.45, 7) is -0.0983. The number of aliphatic hydroxyl groups excluding tert-OH is 1. The summed E-state index contributed by atoms with van der Waals surface area (Å²) in [4.78, 5) is 9.44. The lowest BCUT2D eigenvalue weighted by atomic mass is 10.3. The largest absolute Gasteiger partial charge is 0.394 e. The van der Waals surface area contributed by atoms with Crippen LogP contribution in [0.5, 0.6) is 0 Å². The molecule has 0 bridgehead atoms. The Morgan fingerprint density at radius 3 is 2.72 bits per heavy atom. The number of aliphatic hydroxyl groups is 1. The van der Waals surface area contributed by atoms with Crippen molar-refractivity contribution in [2.75, 3.05) is 6.61 Å². The fourth-order valence-electron chi connectivity index (χ4n) is 1.20. The molecular formula is C10H12BrCl2N3OS. The minimum Gasteiger partial charge on any atom is -0.394 e. The molecule has 0 aliphatic carbocycles. The van der Waals surface area contributed by atoms with Crippen molar-refractivity contribution < 1.29 is 5.11 Å². The number of nitrogens with two attached hydrogens (primary N) is 1. The monoisotopic (exact) mass is 371 g/mol. The van der Waals surface area contributed by atoms with Gasteiger partial charge in [0.25, 0.3) is 0 Å². The predicted octanol–water partition coefficient (Wildman–Crippen LogP) is 2.80. The van der Waals surface area contributed by atoms with Crippen LogP contribution < -0.4 is 5.73 Å². The first kappa shape index (κ1) is 17.8. The van der Waals surface area contributed by atoms with E-state index in [-0.39, 0.29) is 31.4 Å². The van der Waals surface area contributed by atoms with Crippen molar-refractivity contribution in [1.82, 2.24) is 9.97 Å². The van der Waals surface area contributed by atoms with Crippen LogP contribution in [-0.4, -0.2) is 21.7 Å². The van der Waals surface area contributed by atoms with Gasteiger partial charge in [-0.25, -0.2) is 9.97 Å². The van der Waals surface area contributed by atoms with Gasteiger partial charge >= 0.3 is 0 Å². The lowest BCUT2D eigenvalue weighted by Crippen LogP contribution is -2.13. The van der Waals surface area contributed by atoms with Crippen LogP contribution in [0.3, 0.4) is 0 Å². The van der Waals surface area contributed by atoms with Gasteiger partial charge in [-0.3, -0.25) is 0 Å². The third-order valence-electron chi connectivity index (χ3n) is 2.01. The van der Waals surface area contributed by atoms with Crippen LogP contribution >= 0.6 is 52.1 Å². The van der Waals surface area contributed by atoms with Gasteiger partial charge in [-0.1, -0.05) is 6.07 Å². The molecule has 0 radical (unpaired) electrons. The van der Waals surface area contributed by atoms with Crippen LogP contribution in [0.15, 0.2) is 29.0 Å². The van der Waals surface area contributed by atoms with E-state index in [9.17, 15) is 0 Å². The van der Waals surface area contributed by atoms with Gasteiger partial charge in [0.05, 0.1) is 23.2 Å². The molecule has 1 atom stereocenters. The van der Waals surface area contributed by atoms with Crippen molar-refractivity contribution in [3.8, 4) is 10.6 Å². The number of aromatic nitrogens is 2. The Labute approximate surface area is 130 Å². The summed E-state index contributed by atoms with van der Waals surface area (Å²) in [6.07, 6.45) is 1.73. The number of halogens is 3. The smallest absolute Gasteiger partial charge is 0.112 e. The molecule has 0 saturated heterocycles.